The Labute approximate surface area is 107 Å². The standard InChI is InChI=1S/C12H29NO3Si/c1-5-6-7-8-9-12(10-11-13)17(14-2,15-3)16-4/h12H,5-11,13H2,1-4H3. The maximum Gasteiger partial charge on any atom is 0.503 e. The maximum atomic E-state index is 5.68. The molecule has 0 bridgehead atoms. The Morgan fingerprint density at radius 1 is 0.941 bits per heavy atom. The van der Waals surface area contributed by atoms with Crippen LogP contribution in [0.15, 0.2) is 0 Å². The van der Waals surface area contributed by atoms with Crippen molar-refractivity contribution in [3.05, 3.63) is 0 Å². The first kappa shape index (κ1) is 17.1. The molecule has 17 heavy (non-hydrogen) atoms. The smallest absolute Gasteiger partial charge is 0.377 e. The van der Waals surface area contributed by atoms with Crippen molar-refractivity contribution in [1.29, 1.82) is 0 Å². The van der Waals surface area contributed by atoms with Crippen LogP contribution in [-0.4, -0.2) is 36.7 Å². The highest BCUT2D eigenvalue weighted by atomic mass is 28.4. The van der Waals surface area contributed by atoms with Crippen LogP contribution in [0.3, 0.4) is 0 Å². The summed E-state index contributed by atoms with van der Waals surface area (Å²) in [5.74, 6) is 0. The van der Waals surface area contributed by atoms with Gasteiger partial charge in [-0.05, 0) is 19.4 Å². The molecule has 0 aromatic heterocycles. The van der Waals surface area contributed by atoms with E-state index in [1.165, 1.54) is 25.7 Å². The largest absolute Gasteiger partial charge is 0.503 e. The van der Waals surface area contributed by atoms with Gasteiger partial charge in [0.25, 0.3) is 0 Å². The van der Waals surface area contributed by atoms with Gasteiger partial charge in [-0.25, -0.2) is 0 Å². The maximum absolute atomic E-state index is 5.68. The minimum atomic E-state index is -2.51. The summed E-state index contributed by atoms with van der Waals surface area (Å²) in [7, 11) is 2.52. The first-order valence-corrected chi connectivity index (χ1v) is 8.36. The minimum absolute atomic E-state index is 0.323. The third-order valence-electron chi connectivity index (χ3n) is 3.27. The lowest BCUT2D eigenvalue weighted by Crippen LogP contribution is -2.48. The predicted octanol–water partition coefficient (Wildman–Crippen LogP) is 2.55. The van der Waals surface area contributed by atoms with Crippen LogP contribution in [0.25, 0.3) is 0 Å². The lowest BCUT2D eigenvalue weighted by atomic mass is 10.1. The van der Waals surface area contributed by atoms with Crippen molar-refractivity contribution in [2.45, 2.75) is 51.0 Å². The zero-order valence-corrected chi connectivity index (χ0v) is 12.8. The molecule has 0 aromatic rings. The fourth-order valence-electron chi connectivity index (χ4n) is 2.27. The molecule has 0 aliphatic carbocycles. The molecule has 0 aromatic carbocycles. The molecule has 0 heterocycles. The molecule has 4 nitrogen and oxygen atoms in total. The molecule has 1 atom stereocenters. The van der Waals surface area contributed by atoms with E-state index in [1.54, 1.807) is 21.3 Å². The van der Waals surface area contributed by atoms with Crippen molar-refractivity contribution in [2.24, 2.45) is 5.73 Å². The third kappa shape index (κ3) is 5.48. The highest BCUT2D eigenvalue weighted by molar-refractivity contribution is 6.62. The van der Waals surface area contributed by atoms with E-state index < -0.39 is 8.80 Å². The molecule has 0 amide bonds. The van der Waals surface area contributed by atoms with E-state index in [9.17, 15) is 0 Å². The molecular formula is C12H29NO3Si. The van der Waals surface area contributed by atoms with Gasteiger partial charge in [0.05, 0.1) is 0 Å². The summed E-state index contributed by atoms with van der Waals surface area (Å²) < 4.78 is 16.6. The lowest BCUT2D eigenvalue weighted by Gasteiger charge is -2.32. The Morgan fingerprint density at radius 2 is 1.53 bits per heavy atom. The SMILES string of the molecule is CCCCCCC(CCN)[Si](OC)(OC)OC. The summed E-state index contributed by atoms with van der Waals surface area (Å²) in [6, 6.07) is 0. The van der Waals surface area contributed by atoms with Crippen molar-refractivity contribution < 1.29 is 13.3 Å². The minimum Gasteiger partial charge on any atom is -0.377 e. The van der Waals surface area contributed by atoms with Crippen LogP contribution in [0.4, 0.5) is 0 Å². The molecule has 2 N–H and O–H groups in total. The van der Waals surface area contributed by atoms with Gasteiger partial charge < -0.3 is 19.0 Å². The summed E-state index contributed by atoms with van der Waals surface area (Å²) in [4.78, 5) is 0. The summed E-state index contributed by atoms with van der Waals surface area (Å²) in [6.45, 7) is 2.87. The Balaban J connectivity index is 4.35. The van der Waals surface area contributed by atoms with Gasteiger partial charge >= 0.3 is 8.80 Å². The van der Waals surface area contributed by atoms with Gasteiger partial charge in [-0.1, -0.05) is 32.6 Å². The Bertz CT molecular complexity index is 169. The van der Waals surface area contributed by atoms with Crippen LogP contribution in [0.5, 0.6) is 0 Å². The van der Waals surface area contributed by atoms with Crippen LogP contribution >= 0.6 is 0 Å². The fourth-order valence-corrected chi connectivity index (χ4v) is 4.84. The Morgan fingerprint density at radius 3 is 1.94 bits per heavy atom. The molecule has 0 rings (SSSR count). The van der Waals surface area contributed by atoms with Crippen LogP contribution in [0.2, 0.25) is 5.54 Å². The van der Waals surface area contributed by atoms with E-state index >= 15 is 0 Å². The van der Waals surface area contributed by atoms with Gasteiger partial charge in [-0.2, -0.15) is 0 Å². The van der Waals surface area contributed by atoms with Crippen molar-refractivity contribution in [2.75, 3.05) is 27.9 Å². The summed E-state index contributed by atoms with van der Waals surface area (Å²) in [6.07, 6.45) is 7.00. The molecule has 0 saturated carbocycles. The van der Waals surface area contributed by atoms with Gasteiger partial charge in [-0.15, -0.1) is 0 Å². The monoisotopic (exact) mass is 263 g/mol. The summed E-state index contributed by atoms with van der Waals surface area (Å²) in [5.41, 5.74) is 6.00. The van der Waals surface area contributed by atoms with E-state index in [4.69, 9.17) is 19.0 Å². The number of hydrogen-bond acceptors (Lipinski definition) is 4. The molecule has 0 radical (unpaired) electrons. The first-order valence-electron chi connectivity index (χ1n) is 6.56. The van der Waals surface area contributed by atoms with Crippen LogP contribution < -0.4 is 5.73 Å². The van der Waals surface area contributed by atoms with Crippen LogP contribution in [0, 0.1) is 0 Å². The van der Waals surface area contributed by atoms with E-state index in [2.05, 4.69) is 6.92 Å². The highest BCUT2D eigenvalue weighted by Crippen LogP contribution is 2.32. The first-order chi connectivity index (χ1) is 8.20. The normalized spacial score (nSPS) is 13.9. The average Bonchev–Trinajstić information content (AvgIpc) is 2.37. The Kier molecular flexibility index (Phi) is 10.1. The molecule has 1 unspecified atom stereocenters. The molecular weight excluding hydrogens is 234 g/mol. The third-order valence-corrected chi connectivity index (χ3v) is 6.56. The quantitative estimate of drug-likeness (QED) is 0.460. The molecule has 0 saturated heterocycles. The topological polar surface area (TPSA) is 53.7 Å². The van der Waals surface area contributed by atoms with E-state index in [-0.39, 0.29) is 0 Å². The van der Waals surface area contributed by atoms with Crippen LogP contribution in [0.1, 0.15) is 45.4 Å². The molecule has 5 heteroatoms. The summed E-state index contributed by atoms with van der Waals surface area (Å²) >= 11 is 0. The van der Waals surface area contributed by atoms with E-state index in [0.717, 1.165) is 12.8 Å². The number of hydrogen-bond donors (Lipinski definition) is 1. The second kappa shape index (κ2) is 10.0. The van der Waals surface area contributed by atoms with Gasteiger partial charge in [0.1, 0.15) is 0 Å². The molecule has 104 valence electrons. The van der Waals surface area contributed by atoms with Crippen molar-refractivity contribution in [3.63, 3.8) is 0 Å². The van der Waals surface area contributed by atoms with Crippen molar-refractivity contribution in [3.8, 4) is 0 Å². The van der Waals surface area contributed by atoms with Gasteiger partial charge in [0.2, 0.25) is 0 Å². The molecule has 0 fully saturated rings. The Hall–Kier alpha value is 0.0569. The van der Waals surface area contributed by atoms with Gasteiger partial charge in [-0.3, -0.25) is 0 Å². The average molecular weight is 263 g/mol. The predicted molar refractivity (Wildman–Crippen MR) is 73.0 cm³/mol. The fraction of sp³-hybridized carbons (Fsp3) is 1.00. The summed E-state index contributed by atoms with van der Waals surface area (Å²) in [5, 5.41) is 0. The van der Waals surface area contributed by atoms with Gasteiger partial charge in [0.15, 0.2) is 0 Å². The number of unbranched alkanes of at least 4 members (excludes halogenated alkanes) is 3. The highest BCUT2D eigenvalue weighted by Gasteiger charge is 2.46. The number of nitrogens with two attached hydrogens (primary N) is 1. The van der Waals surface area contributed by atoms with Gasteiger partial charge in [0, 0.05) is 26.9 Å². The second-order valence-electron chi connectivity index (χ2n) is 4.34. The van der Waals surface area contributed by atoms with Crippen molar-refractivity contribution >= 4 is 8.80 Å². The molecule has 0 aliphatic rings. The van der Waals surface area contributed by atoms with E-state index in [1.807, 2.05) is 0 Å². The molecule has 0 spiro atoms. The molecule has 0 aliphatic heterocycles. The van der Waals surface area contributed by atoms with Crippen molar-refractivity contribution in [1.82, 2.24) is 0 Å². The van der Waals surface area contributed by atoms with E-state index in [0.29, 0.717) is 12.1 Å². The second-order valence-corrected chi connectivity index (χ2v) is 7.59. The zero-order valence-electron chi connectivity index (χ0n) is 11.8. The van der Waals surface area contributed by atoms with Crippen LogP contribution in [-0.2, 0) is 13.3 Å². The lowest BCUT2D eigenvalue weighted by molar-refractivity contribution is 0.108. The zero-order chi connectivity index (χ0) is 13.1. The number of rotatable bonds is 11.